The van der Waals surface area contributed by atoms with E-state index in [0.29, 0.717) is 6.54 Å². The quantitative estimate of drug-likeness (QED) is 0.573. The largest absolute Gasteiger partial charge is 0.387 e. The van der Waals surface area contributed by atoms with Crippen molar-refractivity contribution in [3.05, 3.63) is 38.4 Å². The molecule has 0 aliphatic rings. The van der Waals surface area contributed by atoms with Crippen molar-refractivity contribution in [2.45, 2.75) is 12.5 Å². The van der Waals surface area contributed by atoms with E-state index in [2.05, 4.69) is 5.32 Å². The van der Waals surface area contributed by atoms with Crippen molar-refractivity contribution in [2.24, 2.45) is 0 Å². The summed E-state index contributed by atoms with van der Waals surface area (Å²) in [5.41, 5.74) is -1.72. The van der Waals surface area contributed by atoms with Gasteiger partial charge < -0.3 is 15.3 Å². The summed E-state index contributed by atoms with van der Waals surface area (Å²) in [6.45, 7) is 2.03. The molecule has 0 heterocycles. The molecule has 0 spiro atoms. The van der Waals surface area contributed by atoms with Gasteiger partial charge in [-0.25, -0.2) is 0 Å². The van der Waals surface area contributed by atoms with Crippen molar-refractivity contribution >= 4 is 17.1 Å². The van der Waals surface area contributed by atoms with Crippen molar-refractivity contribution in [3.8, 4) is 0 Å². The number of rotatable bonds is 7. The number of nitro groups is 2. The fourth-order valence-electron chi connectivity index (χ4n) is 1.96. The molecule has 0 radical (unpaired) electrons. The van der Waals surface area contributed by atoms with Gasteiger partial charge in [-0.05, 0) is 27.1 Å². The van der Waals surface area contributed by atoms with Crippen LogP contribution < -0.4 is 5.32 Å². The number of benzene rings is 1. The lowest BCUT2D eigenvalue weighted by molar-refractivity contribution is -0.393. The first-order valence-corrected chi connectivity index (χ1v) is 6.16. The first-order chi connectivity index (χ1) is 9.62. The van der Waals surface area contributed by atoms with Crippen LogP contribution in [0.5, 0.6) is 0 Å². The van der Waals surface area contributed by atoms with E-state index in [1.807, 2.05) is 0 Å². The molecule has 0 saturated carbocycles. The number of likely N-dealkylation sites (N-methyl/N-ethyl adjacent to an activating group) is 1. The smallest absolute Gasteiger partial charge is 0.299 e. The molecule has 0 saturated heterocycles. The van der Waals surface area contributed by atoms with E-state index in [9.17, 15) is 25.3 Å². The fourth-order valence-corrected chi connectivity index (χ4v) is 1.96. The van der Waals surface area contributed by atoms with Crippen LogP contribution in [0.4, 0.5) is 17.1 Å². The lowest BCUT2D eigenvalue weighted by atomic mass is 10.1. The Morgan fingerprint density at radius 1 is 1.29 bits per heavy atom. The first-order valence-electron chi connectivity index (χ1n) is 6.16. The molecule has 2 N–H and O–H groups in total. The molecule has 9 heteroatoms. The number of non-ortho nitro benzene ring substituents is 1. The van der Waals surface area contributed by atoms with Gasteiger partial charge in [0, 0.05) is 19.2 Å². The van der Waals surface area contributed by atoms with E-state index in [-0.39, 0.29) is 17.9 Å². The molecular formula is C12H18N4O5. The van der Waals surface area contributed by atoms with E-state index in [0.717, 1.165) is 6.07 Å². The van der Waals surface area contributed by atoms with Crippen molar-refractivity contribution in [1.29, 1.82) is 0 Å². The lowest BCUT2D eigenvalue weighted by Gasteiger charge is -2.27. The Bertz CT molecular complexity index is 544. The van der Waals surface area contributed by atoms with Crippen LogP contribution in [0.15, 0.2) is 18.2 Å². The standard InChI is InChI=1S/C12H18N4O5/c1-12(17,8-14(2)3)7-13-10-5-4-9(15(18)19)6-11(10)16(20)21/h4-6,13,17H,7-8H2,1-3H3. The molecule has 116 valence electrons. The summed E-state index contributed by atoms with van der Waals surface area (Å²) in [5.74, 6) is 0. The van der Waals surface area contributed by atoms with Gasteiger partial charge in [0.15, 0.2) is 0 Å². The SMILES string of the molecule is CN(C)CC(C)(O)CNc1ccc([N+](=O)[O-])cc1[N+](=O)[O-]. The lowest BCUT2D eigenvalue weighted by Crippen LogP contribution is -2.43. The third-order valence-corrected chi connectivity index (χ3v) is 2.71. The Labute approximate surface area is 121 Å². The van der Waals surface area contributed by atoms with Crippen molar-refractivity contribution in [2.75, 3.05) is 32.5 Å². The molecule has 21 heavy (non-hydrogen) atoms. The van der Waals surface area contributed by atoms with E-state index in [1.54, 1.807) is 25.9 Å². The van der Waals surface area contributed by atoms with E-state index in [1.165, 1.54) is 12.1 Å². The summed E-state index contributed by atoms with van der Waals surface area (Å²) < 4.78 is 0. The molecule has 0 aliphatic carbocycles. The minimum absolute atomic E-state index is 0.0732. The number of hydrogen-bond donors (Lipinski definition) is 2. The molecule has 1 aromatic carbocycles. The summed E-state index contributed by atoms with van der Waals surface area (Å²) in [6, 6.07) is 3.33. The van der Waals surface area contributed by atoms with Crippen molar-refractivity contribution in [1.82, 2.24) is 4.90 Å². The van der Waals surface area contributed by atoms with Gasteiger partial charge in [0.1, 0.15) is 5.69 Å². The Balaban J connectivity index is 2.93. The van der Waals surface area contributed by atoms with Gasteiger partial charge in [-0.2, -0.15) is 0 Å². The number of nitrogens with zero attached hydrogens (tertiary/aromatic N) is 3. The highest BCUT2D eigenvalue weighted by molar-refractivity contribution is 5.65. The van der Waals surface area contributed by atoms with Crippen molar-refractivity contribution in [3.63, 3.8) is 0 Å². The van der Waals surface area contributed by atoms with Gasteiger partial charge in [0.25, 0.3) is 11.4 Å². The Morgan fingerprint density at radius 2 is 1.90 bits per heavy atom. The molecule has 0 aromatic heterocycles. The topological polar surface area (TPSA) is 122 Å². The van der Waals surface area contributed by atoms with Crippen LogP contribution in [0.2, 0.25) is 0 Å². The van der Waals surface area contributed by atoms with E-state index >= 15 is 0 Å². The van der Waals surface area contributed by atoms with Gasteiger partial charge in [0.05, 0.1) is 21.5 Å². The second-order valence-corrected chi connectivity index (χ2v) is 5.30. The normalized spacial score (nSPS) is 13.8. The summed E-state index contributed by atoms with van der Waals surface area (Å²) >= 11 is 0. The molecule has 0 fully saturated rings. The second-order valence-electron chi connectivity index (χ2n) is 5.30. The minimum atomic E-state index is -1.10. The zero-order valence-corrected chi connectivity index (χ0v) is 12.1. The van der Waals surface area contributed by atoms with Gasteiger partial charge in [-0.15, -0.1) is 0 Å². The third-order valence-electron chi connectivity index (χ3n) is 2.71. The number of nitrogens with one attached hydrogen (secondary N) is 1. The van der Waals surface area contributed by atoms with Crippen LogP contribution >= 0.6 is 0 Å². The average molecular weight is 298 g/mol. The first kappa shape index (κ1) is 16.8. The van der Waals surface area contributed by atoms with Crippen LogP contribution in [0.25, 0.3) is 0 Å². The molecule has 0 bridgehead atoms. The highest BCUT2D eigenvalue weighted by Crippen LogP contribution is 2.29. The maximum Gasteiger partial charge on any atom is 0.299 e. The van der Waals surface area contributed by atoms with Crippen molar-refractivity contribution < 1.29 is 15.0 Å². The molecule has 1 aromatic rings. The molecule has 1 unspecified atom stereocenters. The van der Waals surface area contributed by atoms with Crippen LogP contribution in [0.1, 0.15) is 6.92 Å². The zero-order valence-electron chi connectivity index (χ0n) is 12.1. The number of hydrogen-bond acceptors (Lipinski definition) is 7. The van der Waals surface area contributed by atoms with Crippen LogP contribution in [-0.2, 0) is 0 Å². The Morgan fingerprint density at radius 3 is 2.38 bits per heavy atom. The summed E-state index contributed by atoms with van der Waals surface area (Å²) in [7, 11) is 3.59. The van der Waals surface area contributed by atoms with Gasteiger partial charge in [-0.1, -0.05) is 0 Å². The Kier molecular flexibility index (Phi) is 5.17. The van der Waals surface area contributed by atoms with Gasteiger partial charge in [0.2, 0.25) is 0 Å². The summed E-state index contributed by atoms with van der Waals surface area (Å²) in [5, 5.41) is 34.5. The predicted octanol–water partition coefficient (Wildman–Crippen LogP) is 1.23. The molecule has 0 amide bonds. The average Bonchev–Trinajstić information content (AvgIpc) is 2.34. The molecular weight excluding hydrogens is 280 g/mol. The van der Waals surface area contributed by atoms with Crippen LogP contribution in [-0.4, -0.2) is 52.6 Å². The number of nitro benzene ring substituents is 2. The highest BCUT2D eigenvalue weighted by atomic mass is 16.6. The van der Waals surface area contributed by atoms with Crippen LogP contribution in [0, 0.1) is 20.2 Å². The zero-order chi connectivity index (χ0) is 16.2. The molecule has 1 rings (SSSR count). The summed E-state index contributed by atoms with van der Waals surface area (Å²) in [6.07, 6.45) is 0. The van der Waals surface area contributed by atoms with E-state index in [4.69, 9.17) is 0 Å². The van der Waals surface area contributed by atoms with Gasteiger partial charge >= 0.3 is 0 Å². The fraction of sp³-hybridized carbons (Fsp3) is 0.500. The van der Waals surface area contributed by atoms with Crippen LogP contribution in [0.3, 0.4) is 0 Å². The molecule has 9 nitrogen and oxygen atoms in total. The minimum Gasteiger partial charge on any atom is -0.387 e. The van der Waals surface area contributed by atoms with E-state index < -0.39 is 21.1 Å². The third kappa shape index (κ3) is 4.97. The maximum atomic E-state index is 11.0. The highest BCUT2D eigenvalue weighted by Gasteiger charge is 2.24. The Hall–Kier alpha value is -2.26. The van der Waals surface area contributed by atoms with Gasteiger partial charge in [-0.3, -0.25) is 20.2 Å². The summed E-state index contributed by atoms with van der Waals surface area (Å²) in [4.78, 5) is 22.0. The maximum absolute atomic E-state index is 11.0. The number of anilines is 1. The molecule has 1 atom stereocenters. The second kappa shape index (κ2) is 6.46. The molecule has 0 aliphatic heterocycles. The monoisotopic (exact) mass is 298 g/mol. The number of aliphatic hydroxyl groups is 1. The predicted molar refractivity (Wildman–Crippen MR) is 77.4 cm³/mol.